The molecule has 3 N–H and O–H groups in total. The van der Waals surface area contributed by atoms with Crippen LogP contribution < -0.4 is 5.73 Å². The highest BCUT2D eigenvalue weighted by Gasteiger charge is 2.34. The second-order valence-corrected chi connectivity index (χ2v) is 8.02. The number of amides is 1. The molecular weight excluding hydrogens is 308 g/mol. The maximum Gasteiger partial charge on any atom is 0.284 e. The predicted octanol–water partition coefficient (Wildman–Crippen LogP) is 1.90. The van der Waals surface area contributed by atoms with Crippen molar-refractivity contribution >= 4 is 5.91 Å². The Morgan fingerprint density at radius 3 is 2.50 bits per heavy atom. The van der Waals surface area contributed by atoms with Crippen LogP contribution in [-0.4, -0.2) is 49.3 Å². The summed E-state index contributed by atoms with van der Waals surface area (Å²) in [5.41, 5.74) is 6.01. The van der Waals surface area contributed by atoms with Crippen molar-refractivity contribution in [2.24, 2.45) is 11.1 Å². The van der Waals surface area contributed by atoms with Gasteiger partial charge in [-0.2, -0.15) is 0 Å². The topological polar surface area (TPSA) is 88.9 Å². The number of furan rings is 1. The van der Waals surface area contributed by atoms with Crippen LogP contribution in [0.3, 0.4) is 0 Å². The van der Waals surface area contributed by atoms with Crippen LogP contribution in [-0.2, 0) is 16.7 Å². The van der Waals surface area contributed by atoms with E-state index < -0.39 is 5.91 Å². The van der Waals surface area contributed by atoms with Crippen LogP contribution in [0.15, 0.2) is 10.5 Å². The standard InChI is InChI=1S/C18H30N2O4/c1-17(2,3)15-13(9-14(24-15)16(19)22)10-20(4)11-18(12-21)5-7-23-8-6-18/h9,21H,5-8,10-12H2,1-4H3,(H2,19,22). The lowest BCUT2D eigenvalue weighted by Gasteiger charge is -2.38. The van der Waals surface area contributed by atoms with E-state index in [4.69, 9.17) is 14.9 Å². The van der Waals surface area contributed by atoms with Crippen molar-refractivity contribution < 1.29 is 19.1 Å². The van der Waals surface area contributed by atoms with Crippen LogP contribution >= 0.6 is 0 Å². The van der Waals surface area contributed by atoms with E-state index in [0.29, 0.717) is 19.8 Å². The number of nitrogens with zero attached hydrogens (tertiary/aromatic N) is 1. The lowest BCUT2D eigenvalue weighted by atomic mass is 9.80. The average molecular weight is 338 g/mol. The number of hydrogen-bond acceptors (Lipinski definition) is 5. The first-order valence-corrected chi connectivity index (χ1v) is 8.47. The van der Waals surface area contributed by atoms with E-state index in [2.05, 4.69) is 4.90 Å². The summed E-state index contributed by atoms with van der Waals surface area (Å²) in [4.78, 5) is 13.6. The summed E-state index contributed by atoms with van der Waals surface area (Å²) in [5.74, 6) is 0.435. The molecule has 24 heavy (non-hydrogen) atoms. The van der Waals surface area contributed by atoms with Gasteiger partial charge in [0.15, 0.2) is 5.76 Å². The Kier molecular flexibility index (Phi) is 5.73. The number of carbonyl (C=O) groups is 1. The van der Waals surface area contributed by atoms with Gasteiger partial charge in [0, 0.05) is 42.7 Å². The first-order valence-electron chi connectivity index (χ1n) is 8.47. The van der Waals surface area contributed by atoms with Crippen LogP contribution in [0.2, 0.25) is 0 Å². The third kappa shape index (κ3) is 4.37. The molecular formula is C18H30N2O4. The van der Waals surface area contributed by atoms with E-state index in [9.17, 15) is 9.90 Å². The van der Waals surface area contributed by atoms with Crippen molar-refractivity contribution in [1.82, 2.24) is 4.90 Å². The van der Waals surface area contributed by atoms with Crippen LogP contribution in [0.5, 0.6) is 0 Å². The number of aliphatic hydroxyl groups excluding tert-OH is 1. The maximum atomic E-state index is 11.5. The minimum atomic E-state index is -0.550. The second kappa shape index (κ2) is 7.25. The molecule has 0 aromatic carbocycles. The molecule has 0 saturated carbocycles. The third-order valence-corrected chi connectivity index (χ3v) is 4.67. The summed E-state index contributed by atoms with van der Waals surface area (Å²) < 4.78 is 11.1. The van der Waals surface area contributed by atoms with Gasteiger partial charge in [-0.3, -0.25) is 4.79 Å². The Morgan fingerprint density at radius 1 is 1.38 bits per heavy atom. The van der Waals surface area contributed by atoms with Gasteiger partial charge in [-0.05, 0) is 26.0 Å². The highest BCUT2D eigenvalue weighted by Crippen LogP contribution is 2.33. The number of primary amides is 1. The molecule has 1 saturated heterocycles. The molecule has 1 aromatic heterocycles. The highest BCUT2D eigenvalue weighted by molar-refractivity contribution is 5.90. The lowest BCUT2D eigenvalue weighted by Crippen LogP contribution is -2.42. The zero-order valence-corrected chi connectivity index (χ0v) is 15.2. The molecule has 2 rings (SSSR count). The van der Waals surface area contributed by atoms with Crippen molar-refractivity contribution in [2.75, 3.05) is 33.4 Å². The number of ether oxygens (including phenoxy) is 1. The molecule has 1 aliphatic rings. The van der Waals surface area contributed by atoms with Crippen molar-refractivity contribution in [3.05, 3.63) is 23.2 Å². The Balaban J connectivity index is 2.15. The first-order chi connectivity index (χ1) is 11.2. The summed E-state index contributed by atoms with van der Waals surface area (Å²) in [6.07, 6.45) is 1.72. The fraction of sp³-hybridized carbons (Fsp3) is 0.722. The van der Waals surface area contributed by atoms with E-state index in [0.717, 1.165) is 30.7 Å². The zero-order chi connectivity index (χ0) is 18.0. The van der Waals surface area contributed by atoms with Gasteiger partial charge in [0.2, 0.25) is 0 Å². The molecule has 0 spiro atoms. The van der Waals surface area contributed by atoms with Crippen molar-refractivity contribution in [3.8, 4) is 0 Å². The van der Waals surface area contributed by atoms with Gasteiger partial charge >= 0.3 is 0 Å². The molecule has 0 unspecified atom stereocenters. The van der Waals surface area contributed by atoms with E-state index in [-0.39, 0.29) is 23.2 Å². The summed E-state index contributed by atoms with van der Waals surface area (Å²) in [6.45, 7) is 9.11. The molecule has 6 nitrogen and oxygen atoms in total. The smallest absolute Gasteiger partial charge is 0.284 e. The number of hydrogen-bond donors (Lipinski definition) is 2. The summed E-state index contributed by atoms with van der Waals surface area (Å²) in [7, 11) is 2.02. The number of aliphatic hydroxyl groups is 1. The van der Waals surface area contributed by atoms with Crippen LogP contribution in [0.25, 0.3) is 0 Å². The number of nitrogens with two attached hydrogens (primary N) is 1. The van der Waals surface area contributed by atoms with Crippen molar-refractivity contribution in [2.45, 2.75) is 45.6 Å². The number of rotatable bonds is 6. The fourth-order valence-electron chi connectivity index (χ4n) is 3.39. The van der Waals surface area contributed by atoms with Gasteiger partial charge < -0.3 is 24.9 Å². The quantitative estimate of drug-likeness (QED) is 0.827. The van der Waals surface area contributed by atoms with Gasteiger partial charge in [-0.25, -0.2) is 0 Å². The summed E-state index contributed by atoms with van der Waals surface area (Å²) in [6, 6.07) is 1.75. The first kappa shape index (κ1) is 19.0. The fourth-order valence-corrected chi connectivity index (χ4v) is 3.39. The highest BCUT2D eigenvalue weighted by atomic mass is 16.5. The molecule has 6 heteroatoms. The van der Waals surface area contributed by atoms with Crippen molar-refractivity contribution in [1.29, 1.82) is 0 Å². The monoisotopic (exact) mass is 338 g/mol. The largest absolute Gasteiger partial charge is 0.455 e. The Labute approximate surface area is 143 Å². The summed E-state index contributed by atoms with van der Waals surface area (Å²) >= 11 is 0. The molecule has 136 valence electrons. The molecule has 0 bridgehead atoms. The molecule has 1 aliphatic heterocycles. The molecule has 1 aromatic rings. The normalized spacial score (nSPS) is 18.1. The predicted molar refractivity (Wildman–Crippen MR) is 91.8 cm³/mol. The molecule has 2 heterocycles. The van der Waals surface area contributed by atoms with Gasteiger partial charge in [0.05, 0.1) is 6.61 Å². The minimum absolute atomic E-state index is 0.120. The molecule has 1 fully saturated rings. The zero-order valence-electron chi connectivity index (χ0n) is 15.2. The Hall–Kier alpha value is -1.37. The average Bonchev–Trinajstić information content (AvgIpc) is 2.92. The van der Waals surface area contributed by atoms with Gasteiger partial charge in [0.1, 0.15) is 5.76 Å². The van der Waals surface area contributed by atoms with Gasteiger partial charge in [-0.1, -0.05) is 20.8 Å². The summed E-state index contributed by atoms with van der Waals surface area (Å²) in [5, 5.41) is 9.86. The SMILES string of the molecule is CN(Cc1cc(C(N)=O)oc1C(C)(C)C)CC1(CO)CCOCC1. The molecule has 1 amide bonds. The number of carbonyl (C=O) groups excluding carboxylic acids is 1. The Bertz CT molecular complexity index is 568. The molecule has 0 aliphatic carbocycles. The Morgan fingerprint density at radius 2 is 2.00 bits per heavy atom. The van der Waals surface area contributed by atoms with Crippen LogP contribution in [0, 0.1) is 5.41 Å². The lowest BCUT2D eigenvalue weighted by molar-refractivity contribution is -0.0319. The minimum Gasteiger partial charge on any atom is -0.455 e. The van der Waals surface area contributed by atoms with E-state index in [1.165, 1.54) is 0 Å². The van der Waals surface area contributed by atoms with Crippen molar-refractivity contribution in [3.63, 3.8) is 0 Å². The van der Waals surface area contributed by atoms with E-state index >= 15 is 0 Å². The van der Waals surface area contributed by atoms with Gasteiger partial charge in [-0.15, -0.1) is 0 Å². The van der Waals surface area contributed by atoms with Crippen LogP contribution in [0.4, 0.5) is 0 Å². The third-order valence-electron chi connectivity index (χ3n) is 4.67. The second-order valence-electron chi connectivity index (χ2n) is 8.02. The van der Waals surface area contributed by atoms with E-state index in [1.807, 2.05) is 27.8 Å². The maximum absolute atomic E-state index is 11.5. The van der Waals surface area contributed by atoms with Gasteiger partial charge in [0.25, 0.3) is 5.91 Å². The molecule has 0 atom stereocenters. The molecule has 0 radical (unpaired) electrons. The van der Waals surface area contributed by atoms with E-state index in [1.54, 1.807) is 6.07 Å². The van der Waals surface area contributed by atoms with Crippen LogP contribution in [0.1, 0.15) is 55.5 Å².